The zero-order valence-electron chi connectivity index (χ0n) is 10.7. The molecule has 0 radical (unpaired) electrons. The molecule has 0 fully saturated rings. The fourth-order valence-corrected chi connectivity index (χ4v) is 2.91. The molecular formula is C10H17N3O3S2. The van der Waals surface area contributed by atoms with Gasteiger partial charge in [-0.1, -0.05) is 24.7 Å². The molecule has 0 aliphatic rings. The first-order valence-corrected chi connectivity index (χ1v) is 8.43. The van der Waals surface area contributed by atoms with Gasteiger partial charge in [0.25, 0.3) is 5.91 Å². The summed E-state index contributed by atoms with van der Waals surface area (Å²) in [6.45, 7) is 5.16. The lowest BCUT2D eigenvalue weighted by Crippen LogP contribution is -2.31. The van der Waals surface area contributed by atoms with Crippen LogP contribution in [0.2, 0.25) is 0 Å². The van der Waals surface area contributed by atoms with Crippen molar-refractivity contribution in [3.63, 3.8) is 0 Å². The van der Waals surface area contributed by atoms with E-state index in [0.717, 1.165) is 30.4 Å². The summed E-state index contributed by atoms with van der Waals surface area (Å²) in [6, 6.07) is 0. The van der Waals surface area contributed by atoms with E-state index in [4.69, 9.17) is 0 Å². The average molecular weight is 291 g/mol. The summed E-state index contributed by atoms with van der Waals surface area (Å²) in [7, 11) is -3.39. The van der Waals surface area contributed by atoms with Gasteiger partial charge in [0.15, 0.2) is 0 Å². The van der Waals surface area contributed by atoms with Gasteiger partial charge in [-0.2, -0.15) is 0 Å². The highest BCUT2D eigenvalue weighted by Crippen LogP contribution is 2.17. The molecule has 0 N–H and O–H groups in total. The molecule has 102 valence electrons. The van der Waals surface area contributed by atoms with Crippen LogP contribution in [0.5, 0.6) is 0 Å². The molecular weight excluding hydrogens is 274 g/mol. The van der Waals surface area contributed by atoms with Crippen molar-refractivity contribution in [2.45, 2.75) is 31.0 Å². The number of carbonyl (C=O) groups excluding carboxylic acids is 1. The highest BCUT2D eigenvalue weighted by atomic mass is 32.2. The molecule has 0 bridgehead atoms. The predicted molar refractivity (Wildman–Crippen MR) is 69.5 cm³/mol. The Kier molecular flexibility index (Phi) is 5.21. The van der Waals surface area contributed by atoms with Gasteiger partial charge in [-0.25, -0.2) is 8.42 Å². The van der Waals surface area contributed by atoms with Crippen molar-refractivity contribution < 1.29 is 13.2 Å². The molecule has 18 heavy (non-hydrogen) atoms. The molecule has 0 atom stereocenters. The summed E-state index contributed by atoms with van der Waals surface area (Å²) < 4.78 is 22.4. The van der Waals surface area contributed by atoms with Crippen LogP contribution in [0.4, 0.5) is 0 Å². The van der Waals surface area contributed by atoms with E-state index in [2.05, 4.69) is 10.2 Å². The lowest BCUT2D eigenvalue weighted by Gasteiger charge is -2.18. The molecule has 0 aliphatic carbocycles. The molecule has 8 heteroatoms. The van der Waals surface area contributed by atoms with E-state index in [0.29, 0.717) is 13.1 Å². The van der Waals surface area contributed by atoms with Gasteiger partial charge in [0.05, 0.1) is 0 Å². The maximum atomic E-state index is 12.1. The van der Waals surface area contributed by atoms with Crippen molar-refractivity contribution >= 4 is 27.1 Å². The third-order valence-electron chi connectivity index (χ3n) is 2.36. The lowest BCUT2D eigenvalue weighted by atomic mass is 10.3. The van der Waals surface area contributed by atoms with E-state index in [9.17, 15) is 13.2 Å². The molecule has 1 rings (SSSR count). The summed E-state index contributed by atoms with van der Waals surface area (Å²) in [5, 5.41) is 7.33. The number of nitrogens with zero attached hydrogens (tertiary/aromatic N) is 3. The molecule has 0 unspecified atom stereocenters. The number of hydrogen-bond acceptors (Lipinski definition) is 6. The third-order valence-corrected chi connectivity index (χ3v) is 4.94. The van der Waals surface area contributed by atoms with Gasteiger partial charge in [-0.3, -0.25) is 4.79 Å². The predicted octanol–water partition coefficient (Wildman–Crippen LogP) is 1.20. The molecule has 0 saturated carbocycles. The van der Waals surface area contributed by atoms with Gasteiger partial charge >= 0.3 is 0 Å². The molecule has 1 aromatic rings. The second-order valence-corrected chi connectivity index (χ2v) is 7.05. The van der Waals surface area contributed by atoms with Gasteiger partial charge in [-0.05, 0) is 13.3 Å². The minimum absolute atomic E-state index is 0.114. The summed E-state index contributed by atoms with van der Waals surface area (Å²) >= 11 is 0.824. The van der Waals surface area contributed by atoms with Gasteiger partial charge in [0, 0.05) is 19.3 Å². The fourth-order valence-electron chi connectivity index (χ4n) is 1.33. The van der Waals surface area contributed by atoms with Crippen molar-refractivity contribution in [1.82, 2.24) is 15.1 Å². The van der Waals surface area contributed by atoms with Crippen LogP contribution >= 0.6 is 11.3 Å². The van der Waals surface area contributed by atoms with E-state index in [-0.39, 0.29) is 15.3 Å². The van der Waals surface area contributed by atoms with E-state index >= 15 is 0 Å². The Balaban J connectivity index is 2.86. The van der Waals surface area contributed by atoms with Gasteiger partial charge in [0.2, 0.25) is 19.2 Å². The van der Waals surface area contributed by atoms with E-state index < -0.39 is 9.84 Å². The Labute approximate surface area is 111 Å². The van der Waals surface area contributed by atoms with Crippen LogP contribution in [0, 0.1) is 0 Å². The number of hydrogen-bond donors (Lipinski definition) is 0. The summed E-state index contributed by atoms with van der Waals surface area (Å²) in [6.07, 6.45) is 2.96. The van der Waals surface area contributed by atoms with Crippen LogP contribution < -0.4 is 0 Å². The number of carbonyl (C=O) groups is 1. The minimum atomic E-state index is -3.39. The normalized spacial score (nSPS) is 11.5. The minimum Gasteiger partial charge on any atom is -0.337 e. The fraction of sp³-hybridized carbons (Fsp3) is 0.700. The molecule has 0 saturated heterocycles. The molecule has 6 nitrogen and oxygen atoms in total. The SMILES string of the molecule is CCCCN(CC)C(=O)c1nnc(S(C)(=O)=O)s1. The van der Waals surface area contributed by atoms with E-state index in [1.807, 2.05) is 13.8 Å². The highest BCUT2D eigenvalue weighted by Gasteiger charge is 2.22. The Hall–Kier alpha value is -1.02. The summed E-state index contributed by atoms with van der Waals surface area (Å²) in [4.78, 5) is 13.7. The number of aromatic nitrogens is 2. The zero-order chi connectivity index (χ0) is 13.8. The Morgan fingerprint density at radius 2 is 2.00 bits per heavy atom. The van der Waals surface area contributed by atoms with Crippen molar-refractivity contribution in [2.24, 2.45) is 0 Å². The highest BCUT2D eigenvalue weighted by molar-refractivity contribution is 7.92. The Morgan fingerprint density at radius 3 is 2.44 bits per heavy atom. The van der Waals surface area contributed by atoms with Crippen molar-refractivity contribution in [3.8, 4) is 0 Å². The van der Waals surface area contributed by atoms with Crippen molar-refractivity contribution in [2.75, 3.05) is 19.3 Å². The first-order chi connectivity index (χ1) is 8.40. The van der Waals surface area contributed by atoms with Crippen molar-refractivity contribution in [1.29, 1.82) is 0 Å². The quantitative estimate of drug-likeness (QED) is 0.787. The summed E-state index contributed by atoms with van der Waals surface area (Å²) in [5.74, 6) is -0.252. The number of rotatable bonds is 6. The van der Waals surface area contributed by atoms with Crippen molar-refractivity contribution in [3.05, 3.63) is 5.01 Å². The second-order valence-electron chi connectivity index (χ2n) is 3.88. The Morgan fingerprint density at radius 1 is 1.33 bits per heavy atom. The first kappa shape index (κ1) is 15.0. The largest absolute Gasteiger partial charge is 0.337 e. The van der Waals surface area contributed by atoms with Crippen LogP contribution in [-0.4, -0.2) is 48.8 Å². The number of unbranched alkanes of at least 4 members (excludes halogenated alkanes) is 1. The van der Waals surface area contributed by atoms with Gasteiger partial charge < -0.3 is 4.90 Å². The smallest absolute Gasteiger partial charge is 0.284 e. The molecule has 1 aromatic heterocycles. The second kappa shape index (κ2) is 6.24. The van der Waals surface area contributed by atoms with E-state index in [1.165, 1.54) is 0 Å². The molecule has 0 aromatic carbocycles. The maximum Gasteiger partial charge on any atom is 0.284 e. The van der Waals surface area contributed by atoms with Crippen LogP contribution in [-0.2, 0) is 9.84 Å². The topological polar surface area (TPSA) is 80.2 Å². The van der Waals surface area contributed by atoms with Crippen LogP contribution in [0.1, 0.15) is 36.5 Å². The van der Waals surface area contributed by atoms with Crippen LogP contribution in [0.25, 0.3) is 0 Å². The van der Waals surface area contributed by atoms with Crippen LogP contribution in [0.15, 0.2) is 4.34 Å². The van der Waals surface area contributed by atoms with Gasteiger partial charge in [0.1, 0.15) is 0 Å². The first-order valence-electron chi connectivity index (χ1n) is 5.73. The maximum absolute atomic E-state index is 12.1. The summed E-state index contributed by atoms with van der Waals surface area (Å²) in [5.41, 5.74) is 0. The molecule has 1 heterocycles. The molecule has 1 amide bonds. The monoisotopic (exact) mass is 291 g/mol. The van der Waals surface area contributed by atoms with Crippen LogP contribution in [0.3, 0.4) is 0 Å². The number of amides is 1. The third kappa shape index (κ3) is 3.74. The average Bonchev–Trinajstić information content (AvgIpc) is 2.78. The van der Waals surface area contributed by atoms with Gasteiger partial charge in [-0.15, -0.1) is 10.2 Å². The zero-order valence-corrected chi connectivity index (χ0v) is 12.3. The molecule has 0 aliphatic heterocycles. The number of sulfone groups is 1. The van der Waals surface area contributed by atoms with E-state index in [1.54, 1.807) is 4.90 Å². The molecule has 0 spiro atoms. The Bertz CT molecular complexity index is 510. The lowest BCUT2D eigenvalue weighted by molar-refractivity contribution is 0.0761. The standard InChI is InChI=1S/C10H17N3O3S2/c1-4-6-7-13(5-2)9(14)8-11-12-10(17-8)18(3,15)16/h4-7H2,1-3H3.